The van der Waals surface area contributed by atoms with Crippen molar-refractivity contribution in [3.8, 4) is 5.75 Å². The highest BCUT2D eigenvalue weighted by Gasteiger charge is 2.33. The Morgan fingerprint density at radius 3 is 2.50 bits per heavy atom. The highest BCUT2D eigenvalue weighted by Crippen LogP contribution is 2.32. The molecule has 1 aromatic heterocycles. The third-order valence-electron chi connectivity index (χ3n) is 6.36. The maximum atomic E-state index is 13.8. The fourth-order valence-electron chi connectivity index (χ4n) is 4.42. The Hall–Kier alpha value is -3.65. The molecule has 6 nitrogen and oxygen atoms in total. The number of halogens is 2. The molecule has 0 radical (unpaired) electrons. The third-order valence-corrected chi connectivity index (χ3v) is 8.09. The summed E-state index contributed by atoms with van der Waals surface area (Å²) in [6, 6.07) is 21.3. The lowest BCUT2D eigenvalue weighted by Gasteiger charge is -2.25. The van der Waals surface area contributed by atoms with Gasteiger partial charge in [-0.25, -0.2) is 9.79 Å². The second kappa shape index (κ2) is 12.3. The van der Waals surface area contributed by atoms with Gasteiger partial charge in [0.15, 0.2) is 4.80 Å². The minimum Gasteiger partial charge on any atom is -0.494 e. The highest BCUT2D eigenvalue weighted by molar-refractivity contribution is 7.07. The van der Waals surface area contributed by atoms with E-state index in [1.165, 1.54) is 11.3 Å². The van der Waals surface area contributed by atoms with Crippen molar-refractivity contribution in [3.05, 3.63) is 130 Å². The molecule has 40 heavy (non-hydrogen) atoms. The van der Waals surface area contributed by atoms with Crippen molar-refractivity contribution in [2.24, 2.45) is 4.99 Å². The molecule has 2 heterocycles. The number of allylic oxidation sites excluding steroid dienone is 1. The molecular weight excluding hydrogens is 567 g/mol. The van der Waals surface area contributed by atoms with Gasteiger partial charge in [0.05, 0.1) is 38.5 Å². The van der Waals surface area contributed by atoms with Crippen molar-refractivity contribution < 1.29 is 14.3 Å². The molecule has 204 valence electrons. The molecule has 4 aromatic rings. The van der Waals surface area contributed by atoms with Crippen LogP contribution in [0.1, 0.15) is 43.0 Å². The summed E-state index contributed by atoms with van der Waals surface area (Å²) in [6.07, 6.45) is 2.63. The first-order chi connectivity index (χ1) is 19.4. The number of ether oxygens (including phenoxy) is 2. The van der Waals surface area contributed by atoms with Crippen LogP contribution in [-0.4, -0.2) is 17.1 Å². The van der Waals surface area contributed by atoms with Crippen molar-refractivity contribution in [1.82, 2.24) is 4.57 Å². The van der Waals surface area contributed by atoms with Gasteiger partial charge in [-0.15, -0.1) is 0 Å². The fraction of sp³-hybridized carbons (Fsp3) is 0.194. The SMILES string of the molecule is CCCOc1ccc(C2C(C(=O)OCc3ccccc3)=C(C)N=c3sc(=Cc4ccc(Cl)c(Cl)c4)c(=O)n32)cc1. The number of benzene rings is 3. The fourth-order valence-corrected chi connectivity index (χ4v) is 5.77. The van der Waals surface area contributed by atoms with Crippen LogP contribution in [0, 0.1) is 0 Å². The Bertz CT molecular complexity index is 1760. The summed E-state index contributed by atoms with van der Waals surface area (Å²) in [5, 5.41) is 0.826. The predicted molar refractivity (Wildman–Crippen MR) is 159 cm³/mol. The maximum absolute atomic E-state index is 13.8. The molecule has 0 spiro atoms. The van der Waals surface area contributed by atoms with Crippen LogP contribution in [0.15, 0.2) is 93.9 Å². The summed E-state index contributed by atoms with van der Waals surface area (Å²) in [6.45, 7) is 4.51. The summed E-state index contributed by atoms with van der Waals surface area (Å²) < 4.78 is 13.5. The van der Waals surface area contributed by atoms with Gasteiger partial charge in [0.2, 0.25) is 0 Å². The molecule has 0 saturated carbocycles. The van der Waals surface area contributed by atoms with E-state index in [-0.39, 0.29) is 12.2 Å². The van der Waals surface area contributed by atoms with Gasteiger partial charge in [0.1, 0.15) is 12.4 Å². The van der Waals surface area contributed by atoms with Crippen molar-refractivity contribution in [2.45, 2.75) is 32.9 Å². The first-order valence-corrected chi connectivity index (χ1v) is 14.3. The second-order valence-corrected chi connectivity index (χ2v) is 11.1. The molecule has 1 aliphatic rings. The molecule has 5 rings (SSSR count). The zero-order valence-corrected chi connectivity index (χ0v) is 24.2. The Morgan fingerprint density at radius 2 is 1.80 bits per heavy atom. The minimum atomic E-state index is -0.726. The Labute approximate surface area is 245 Å². The molecule has 1 aliphatic heterocycles. The van der Waals surface area contributed by atoms with Crippen LogP contribution in [0.4, 0.5) is 0 Å². The smallest absolute Gasteiger partial charge is 0.338 e. The van der Waals surface area contributed by atoms with Gasteiger partial charge in [-0.3, -0.25) is 9.36 Å². The summed E-state index contributed by atoms with van der Waals surface area (Å²) in [4.78, 5) is 32.5. The molecule has 0 aliphatic carbocycles. The monoisotopic (exact) mass is 592 g/mol. The molecule has 1 atom stereocenters. The zero-order valence-electron chi connectivity index (χ0n) is 21.9. The Morgan fingerprint density at radius 1 is 1.05 bits per heavy atom. The first kappa shape index (κ1) is 27.9. The summed E-state index contributed by atoms with van der Waals surface area (Å²) >= 11 is 13.5. The number of thiazole rings is 1. The average Bonchev–Trinajstić information content (AvgIpc) is 3.26. The summed E-state index contributed by atoms with van der Waals surface area (Å²) in [7, 11) is 0. The van der Waals surface area contributed by atoms with E-state index in [1.807, 2.05) is 61.5 Å². The van der Waals surface area contributed by atoms with E-state index in [0.29, 0.717) is 43.0 Å². The number of hydrogen-bond donors (Lipinski definition) is 0. The van der Waals surface area contributed by atoms with Crippen LogP contribution >= 0.6 is 34.5 Å². The third kappa shape index (κ3) is 5.92. The van der Waals surface area contributed by atoms with E-state index in [4.69, 9.17) is 32.7 Å². The van der Waals surface area contributed by atoms with Crippen LogP contribution in [-0.2, 0) is 16.1 Å². The minimum absolute atomic E-state index is 0.106. The first-order valence-electron chi connectivity index (χ1n) is 12.8. The highest BCUT2D eigenvalue weighted by atomic mass is 35.5. The molecule has 0 saturated heterocycles. The van der Waals surface area contributed by atoms with Gasteiger partial charge in [0, 0.05) is 0 Å². The van der Waals surface area contributed by atoms with Crippen molar-refractivity contribution in [1.29, 1.82) is 0 Å². The molecule has 1 unspecified atom stereocenters. The number of esters is 1. The van der Waals surface area contributed by atoms with E-state index in [1.54, 1.807) is 35.8 Å². The zero-order chi connectivity index (χ0) is 28.2. The molecule has 9 heteroatoms. The lowest BCUT2D eigenvalue weighted by atomic mass is 9.96. The van der Waals surface area contributed by atoms with Crippen molar-refractivity contribution >= 4 is 46.6 Å². The Kier molecular flexibility index (Phi) is 8.54. The number of carbonyl (C=O) groups excluding carboxylic acids is 1. The molecule has 0 N–H and O–H groups in total. The van der Waals surface area contributed by atoms with Gasteiger partial charge in [-0.2, -0.15) is 0 Å². The van der Waals surface area contributed by atoms with Gasteiger partial charge in [0.25, 0.3) is 5.56 Å². The lowest BCUT2D eigenvalue weighted by molar-refractivity contribution is -0.140. The average molecular weight is 594 g/mol. The molecule has 3 aromatic carbocycles. The molecule has 0 bridgehead atoms. The van der Waals surface area contributed by atoms with Gasteiger partial charge in [-0.1, -0.05) is 90.0 Å². The summed E-state index contributed by atoms with van der Waals surface area (Å²) in [5.41, 5.74) is 2.87. The number of aromatic nitrogens is 1. The second-order valence-electron chi connectivity index (χ2n) is 9.23. The standard InChI is InChI=1S/C31H26Cl2N2O4S/c1-3-15-38-23-12-10-22(11-13-23)28-27(30(37)39-18-20-7-5-4-6-8-20)19(2)34-31-35(28)29(36)26(40-31)17-21-9-14-24(32)25(33)16-21/h4-14,16-17,28H,3,15,18H2,1-2H3. The van der Waals surface area contributed by atoms with Crippen molar-refractivity contribution in [2.75, 3.05) is 6.61 Å². The number of rotatable bonds is 8. The van der Waals surface area contributed by atoms with Crippen LogP contribution in [0.25, 0.3) is 6.08 Å². The van der Waals surface area contributed by atoms with Crippen LogP contribution in [0.2, 0.25) is 10.0 Å². The van der Waals surface area contributed by atoms with E-state index in [2.05, 4.69) is 4.99 Å². The van der Waals surface area contributed by atoms with E-state index in [9.17, 15) is 9.59 Å². The topological polar surface area (TPSA) is 69.9 Å². The summed E-state index contributed by atoms with van der Waals surface area (Å²) in [5.74, 6) is 0.187. The van der Waals surface area contributed by atoms with E-state index in [0.717, 1.165) is 23.1 Å². The molecular formula is C31H26Cl2N2O4S. The molecule has 0 fully saturated rings. The number of carbonyl (C=O) groups is 1. The normalized spacial score (nSPS) is 15.0. The predicted octanol–water partition coefficient (Wildman–Crippen LogP) is 6.07. The van der Waals surface area contributed by atoms with E-state index < -0.39 is 12.0 Å². The van der Waals surface area contributed by atoms with E-state index >= 15 is 0 Å². The van der Waals surface area contributed by atoms with Gasteiger partial charge < -0.3 is 9.47 Å². The largest absolute Gasteiger partial charge is 0.494 e. The van der Waals surface area contributed by atoms with Gasteiger partial charge in [-0.05, 0) is 60.4 Å². The maximum Gasteiger partial charge on any atom is 0.338 e. The lowest BCUT2D eigenvalue weighted by Crippen LogP contribution is -2.39. The molecule has 0 amide bonds. The van der Waals surface area contributed by atoms with Crippen LogP contribution in [0.5, 0.6) is 5.75 Å². The number of nitrogens with zero attached hydrogens (tertiary/aromatic N) is 2. The van der Waals surface area contributed by atoms with Crippen molar-refractivity contribution in [3.63, 3.8) is 0 Å². The number of fused-ring (bicyclic) bond motifs is 1. The Balaban J connectivity index is 1.59. The van der Waals surface area contributed by atoms with Gasteiger partial charge >= 0.3 is 5.97 Å². The number of hydrogen-bond acceptors (Lipinski definition) is 6. The van der Waals surface area contributed by atoms with Crippen LogP contribution in [0.3, 0.4) is 0 Å². The van der Waals surface area contributed by atoms with Crippen LogP contribution < -0.4 is 19.6 Å². The quantitative estimate of drug-likeness (QED) is 0.233.